The average molecular weight is 522 g/mol. The number of H-pyrrole nitrogens is 1. The first-order chi connectivity index (χ1) is 17.4. The van der Waals surface area contributed by atoms with E-state index in [9.17, 15) is 27.2 Å². The van der Waals surface area contributed by atoms with Crippen molar-refractivity contribution < 1.29 is 41.0 Å². The molecule has 0 fully saturated rings. The van der Waals surface area contributed by atoms with E-state index in [0.717, 1.165) is 18.3 Å². The maximum absolute atomic E-state index is 15.0. The van der Waals surface area contributed by atoms with Gasteiger partial charge in [-0.3, -0.25) is 14.6 Å². The van der Waals surface area contributed by atoms with Crippen molar-refractivity contribution in [1.29, 1.82) is 0 Å². The lowest BCUT2D eigenvalue weighted by atomic mass is 9.99. The molecular formula is C23H15F5N4O5. The van der Waals surface area contributed by atoms with Crippen LogP contribution in [0.1, 0.15) is 16.1 Å². The van der Waals surface area contributed by atoms with Gasteiger partial charge in [-0.2, -0.15) is 13.2 Å². The van der Waals surface area contributed by atoms with Gasteiger partial charge in [-0.1, -0.05) is 6.07 Å². The van der Waals surface area contributed by atoms with Crippen LogP contribution in [0.3, 0.4) is 0 Å². The quantitative estimate of drug-likeness (QED) is 0.363. The molecule has 0 bridgehead atoms. The summed E-state index contributed by atoms with van der Waals surface area (Å²) in [7, 11) is 2.65. The van der Waals surface area contributed by atoms with Crippen LogP contribution in [0.2, 0.25) is 0 Å². The Kier molecular flexibility index (Phi) is 6.42. The summed E-state index contributed by atoms with van der Waals surface area (Å²) in [6.45, 7) is 0. The van der Waals surface area contributed by atoms with E-state index < -0.39 is 57.6 Å². The minimum atomic E-state index is -4.97. The zero-order chi connectivity index (χ0) is 27.1. The number of rotatable bonds is 6. The Morgan fingerprint density at radius 1 is 1.03 bits per heavy atom. The van der Waals surface area contributed by atoms with Crippen LogP contribution in [0.5, 0.6) is 23.1 Å². The molecule has 3 heterocycles. The van der Waals surface area contributed by atoms with Crippen molar-refractivity contribution in [1.82, 2.24) is 15.0 Å². The van der Waals surface area contributed by atoms with Crippen LogP contribution in [0.4, 0.5) is 22.0 Å². The Labute approximate surface area is 203 Å². The van der Waals surface area contributed by atoms with Gasteiger partial charge < -0.3 is 24.9 Å². The number of nitrogens with two attached hydrogens (primary N) is 1. The van der Waals surface area contributed by atoms with Crippen molar-refractivity contribution in [2.45, 2.75) is 6.18 Å². The zero-order valence-corrected chi connectivity index (χ0v) is 18.9. The Morgan fingerprint density at radius 3 is 2.35 bits per heavy atom. The van der Waals surface area contributed by atoms with E-state index in [1.54, 1.807) is 0 Å². The fourth-order valence-corrected chi connectivity index (χ4v) is 3.47. The molecule has 0 unspecified atom stereocenters. The monoisotopic (exact) mass is 522 g/mol. The number of primary amides is 1. The first-order valence-electron chi connectivity index (χ1n) is 10.1. The summed E-state index contributed by atoms with van der Waals surface area (Å²) < 4.78 is 84.9. The van der Waals surface area contributed by atoms with Crippen LogP contribution in [-0.4, -0.2) is 35.1 Å². The normalized spacial score (nSPS) is 11.4. The number of alkyl halides is 3. The van der Waals surface area contributed by atoms with Gasteiger partial charge in [0.1, 0.15) is 16.8 Å². The second-order valence-electron chi connectivity index (χ2n) is 7.41. The zero-order valence-electron chi connectivity index (χ0n) is 18.9. The van der Waals surface area contributed by atoms with Crippen molar-refractivity contribution >= 4 is 16.9 Å². The highest BCUT2D eigenvalue weighted by atomic mass is 19.4. The van der Waals surface area contributed by atoms with Gasteiger partial charge in [0, 0.05) is 11.6 Å². The summed E-state index contributed by atoms with van der Waals surface area (Å²) in [5.41, 5.74) is 0.613. The number of nitrogens with one attached hydrogen (secondary N) is 1. The van der Waals surface area contributed by atoms with Gasteiger partial charge in [0.05, 0.1) is 25.9 Å². The molecule has 0 saturated heterocycles. The van der Waals surface area contributed by atoms with E-state index in [-0.39, 0.29) is 28.2 Å². The van der Waals surface area contributed by atoms with Gasteiger partial charge in [-0.25, -0.2) is 13.8 Å². The summed E-state index contributed by atoms with van der Waals surface area (Å²) >= 11 is 0. The summed E-state index contributed by atoms with van der Waals surface area (Å²) in [5.74, 6) is -4.40. The predicted octanol–water partition coefficient (Wildman–Crippen LogP) is 4.19. The highest BCUT2D eigenvalue weighted by Crippen LogP contribution is 2.38. The third kappa shape index (κ3) is 4.72. The van der Waals surface area contributed by atoms with E-state index in [0.29, 0.717) is 12.1 Å². The van der Waals surface area contributed by atoms with Crippen LogP contribution in [0, 0.1) is 11.6 Å². The minimum absolute atomic E-state index is 0.0307. The molecule has 192 valence electrons. The van der Waals surface area contributed by atoms with Crippen molar-refractivity contribution in [3.05, 3.63) is 69.8 Å². The molecule has 0 aliphatic carbocycles. The third-order valence-electron chi connectivity index (χ3n) is 5.14. The van der Waals surface area contributed by atoms with Crippen molar-refractivity contribution in [2.75, 3.05) is 14.2 Å². The summed E-state index contributed by atoms with van der Waals surface area (Å²) in [4.78, 5) is 33.4. The van der Waals surface area contributed by atoms with Gasteiger partial charge in [0.15, 0.2) is 28.9 Å². The van der Waals surface area contributed by atoms with Gasteiger partial charge in [0.2, 0.25) is 0 Å². The average Bonchev–Trinajstić information content (AvgIpc) is 2.84. The van der Waals surface area contributed by atoms with Gasteiger partial charge in [-0.05, 0) is 23.8 Å². The Morgan fingerprint density at radius 2 is 1.76 bits per heavy atom. The number of ether oxygens (including phenoxy) is 3. The Bertz CT molecular complexity index is 1600. The lowest BCUT2D eigenvalue weighted by Gasteiger charge is -2.14. The van der Waals surface area contributed by atoms with Gasteiger partial charge in [-0.15, -0.1) is 0 Å². The number of halogens is 5. The van der Waals surface area contributed by atoms with E-state index in [1.165, 1.54) is 25.3 Å². The molecule has 3 N–H and O–H groups in total. The van der Waals surface area contributed by atoms with Crippen LogP contribution >= 0.6 is 0 Å². The molecule has 0 radical (unpaired) electrons. The number of nitrogens with zero attached hydrogens (tertiary/aromatic N) is 2. The number of amides is 1. The first-order valence-corrected chi connectivity index (χ1v) is 10.1. The Balaban J connectivity index is 1.82. The third-order valence-corrected chi connectivity index (χ3v) is 5.14. The SMILES string of the molecule is COc1cc2ncc(F)c(Oc3ccc(-c4cc(C(F)(F)F)[nH]c(=O)c4C(N)=O)cc3F)c2nc1OC. The molecular weight excluding hydrogens is 507 g/mol. The van der Waals surface area contributed by atoms with Gasteiger partial charge >= 0.3 is 6.18 Å². The minimum Gasteiger partial charge on any atom is -0.491 e. The number of benzene rings is 1. The number of methoxy groups -OCH3 is 2. The fraction of sp³-hybridized carbons (Fsp3) is 0.130. The van der Waals surface area contributed by atoms with Crippen LogP contribution in [0.25, 0.3) is 22.2 Å². The molecule has 14 heteroatoms. The topological polar surface area (TPSA) is 129 Å². The number of aromatic amines is 1. The van der Waals surface area contributed by atoms with Gasteiger partial charge in [0.25, 0.3) is 17.3 Å². The van der Waals surface area contributed by atoms with Crippen molar-refractivity contribution in [2.24, 2.45) is 5.73 Å². The van der Waals surface area contributed by atoms with E-state index >= 15 is 4.39 Å². The second-order valence-corrected chi connectivity index (χ2v) is 7.41. The predicted molar refractivity (Wildman–Crippen MR) is 119 cm³/mol. The lowest BCUT2D eigenvalue weighted by molar-refractivity contribution is -0.141. The number of pyridine rings is 3. The molecule has 3 aromatic heterocycles. The molecule has 0 aliphatic heterocycles. The number of carbonyl (C=O) groups excluding carboxylic acids is 1. The fourth-order valence-electron chi connectivity index (χ4n) is 3.47. The highest BCUT2D eigenvalue weighted by molar-refractivity contribution is 5.99. The molecule has 4 rings (SSSR count). The maximum Gasteiger partial charge on any atom is 0.431 e. The highest BCUT2D eigenvalue weighted by Gasteiger charge is 2.34. The number of carbonyl (C=O) groups is 1. The van der Waals surface area contributed by atoms with E-state index in [1.807, 2.05) is 0 Å². The molecule has 0 saturated carbocycles. The Hall–Kier alpha value is -4.75. The molecule has 4 aromatic rings. The maximum atomic E-state index is 15.0. The molecule has 1 aromatic carbocycles. The van der Waals surface area contributed by atoms with Crippen LogP contribution in [0.15, 0.2) is 41.3 Å². The smallest absolute Gasteiger partial charge is 0.431 e. The van der Waals surface area contributed by atoms with E-state index in [2.05, 4.69) is 9.97 Å². The number of hydrogen-bond donors (Lipinski definition) is 2. The number of aromatic nitrogens is 3. The molecule has 0 atom stereocenters. The lowest BCUT2D eigenvalue weighted by Crippen LogP contribution is -2.27. The molecule has 1 amide bonds. The first kappa shape index (κ1) is 25.3. The molecule has 37 heavy (non-hydrogen) atoms. The largest absolute Gasteiger partial charge is 0.491 e. The molecule has 0 aliphatic rings. The standard InChI is InChI=1S/C23H15F5N4O5/c1-35-15-7-13-18(32-22(15)36-2)19(12(25)8-30-13)37-14-4-3-9(5-11(14)24)10-6-16(23(26,27)28)31-21(34)17(10)20(29)33/h3-8H,1-2H3,(H2,29,33)(H,31,34). The summed E-state index contributed by atoms with van der Waals surface area (Å²) in [6, 6.07) is 4.59. The van der Waals surface area contributed by atoms with Crippen molar-refractivity contribution in [3.63, 3.8) is 0 Å². The van der Waals surface area contributed by atoms with Crippen LogP contribution in [-0.2, 0) is 6.18 Å². The van der Waals surface area contributed by atoms with Crippen LogP contribution < -0.4 is 25.5 Å². The summed E-state index contributed by atoms with van der Waals surface area (Å²) in [6.07, 6.45) is -4.16. The van der Waals surface area contributed by atoms with Crippen molar-refractivity contribution in [3.8, 4) is 34.3 Å². The summed E-state index contributed by atoms with van der Waals surface area (Å²) in [5, 5.41) is 0. The van der Waals surface area contributed by atoms with E-state index in [4.69, 9.17) is 19.9 Å². The second kappa shape index (κ2) is 9.37. The molecule has 0 spiro atoms. The number of hydrogen-bond acceptors (Lipinski definition) is 7. The molecule has 9 nitrogen and oxygen atoms in total. The number of fused-ring (bicyclic) bond motifs is 1.